The summed E-state index contributed by atoms with van der Waals surface area (Å²) in [5, 5.41) is 0. The van der Waals surface area contributed by atoms with Crippen LogP contribution in [-0.2, 0) is 16.0 Å². The van der Waals surface area contributed by atoms with Gasteiger partial charge in [-0.3, -0.25) is 0 Å². The maximum atomic E-state index is 12.1. The third-order valence-electron chi connectivity index (χ3n) is 5.29. The summed E-state index contributed by atoms with van der Waals surface area (Å²) in [7, 11) is 6.86. The Balaban J connectivity index is 2.16. The van der Waals surface area contributed by atoms with Gasteiger partial charge in [0.25, 0.3) is 0 Å². The Labute approximate surface area is 154 Å². The van der Waals surface area contributed by atoms with Crippen LogP contribution in [0.15, 0.2) is 42.5 Å². The van der Waals surface area contributed by atoms with Crippen molar-refractivity contribution < 1.29 is 23.5 Å². The van der Waals surface area contributed by atoms with Gasteiger partial charge < -0.3 is 18.7 Å². The molecule has 0 aliphatic carbocycles. The van der Waals surface area contributed by atoms with Crippen molar-refractivity contribution in [3.8, 4) is 11.5 Å². The largest absolute Gasteiger partial charge is 0.493 e. The van der Waals surface area contributed by atoms with Crippen LogP contribution in [-0.4, -0.2) is 51.9 Å². The van der Waals surface area contributed by atoms with Gasteiger partial charge in [-0.1, -0.05) is 30.3 Å². The van der Waals surface area contributed by atoms with Crippen LogP contribution in [0.4, 0.5) is 0 Å². The van der Waals surface area contributed by atoms with Crippen LogP contribution in [0.2, 0.25) is 0 Å². The van der Waals surface area contributed by atoms with Crippen molar-refractivity contribution in [3.05, 3.63) is 59.2 Å². The number of nitrogens with zero attached hydrogens (tertiary/aromatic N) is 1. The highest BCUT2D eigenvalue weighted by Gasteiger charge is 2.42. The Bertz CT molecular complexity index is 790. The fourth-order valence-corrected chi connectivity index (χ4v) is 3.95. The Morgan fingerprint density at radius 3 is 2.35 bits per heavy atom. The highest BCUT2D eigenvalue weighted by Crippen LogP contribution is 2.43. The number of likely N-dealkylation sites (N-methyl/N-ethyl adjacent to an activating group) is 1. The number of rotatable bonds is 5. The third kappa shape index (κ3) is 3.27. The summed E-state index contributed by atoms with van der Waals surface area (Å²) in [6.07, 6.45) is 0.868. The molecular formula is C21H26NO4+. The number of hydrogen-bond acceptors (Lipinski definition) is 4. The summed E-state index contributed by atoms with van der Waals surface area (Å²) in [6, 6.07) is 14.4. The van der Waals surface area contributed by atoms with Crippen LogP contribution in [0.25, 0.3) is 0 Å². The zero-order valence-electron chi connectivity index (χ0n) is 15.8. The minimum absolute atomic E-state index is 0.0267. The van der Waals surface area contributed by atoms with Crippen molar-refractivity contribution in [1.82, 2.24) is 0 Å². The van der Waals surface area contributed by atoms with Gasteiger partial charge >= 0.3 is 5.97 Å². The van der Waals surface area contributed by atoms with Gasteiger partial charge in [0.05, 0.1) is 34.9 Å². The molecule has 5 heteroatoms. The van der Waals surface area contributed by atoms with Crippen LogP contribution in [0.1, 0.15) is 22.7 Å². The average molecular weight is 356 g/mol. The summed E-state index contributed by atoms with van der Waals surface area (Å²) < 4.78 is 16.5. The van der Waals surface area contributed by atoms with Crippen molar-refractivity contribution in [1.29, 1.82) is 0 Å². The first-order valence-electron chi connectivity index (χ1n) is 8.73. The Morgan fingerprint density at radius 1 is 1.08 bits per heavy atom. The lowest BCUT2D eigenvalue weighted by atomic mass is 9.85. The molecule has 1 aliphatic rings. The van der Waals surface area contributed by atoms with Crippen LogP contribution in [0.5, 0.6) is 11.5 Å². The Hall–Kier alpha value is -2.53. The number of carbonyl (C=O) groups is 1. The zero-order valence-corrected chi connectivity index (χ0v) is 15.8. The molecule has 0 radical (unpaired) electrons. The Kier molecular flexibility index (Phi) is 5.18. The molecule has 26 heavy (non-hydrogen) atoms. The first kappa shape index (κ1) is 18.3. The molecule has 5 nitrogen and oxygen atoms in total. The number of quaternary nitrogens is 1. The van der Waals surface area contributed by atoms with Gasteiger partial charge in [-0.25, -0.2) is 4.79 Å². The van der Waals surface area contributed by atoms with E-state index in [1.165, 1.54) is 23.8 Å². The molecule has 0 aromatic heterocycles. The molecule has 1 aliphatic heterocycles. The van der Waals surface area contributed by atoms with Gasteiger partial charge in [-0.2, -0.15) is 0 Å². The van der Waals surface area contributed by atoms with E-state index in [-0.39, 0.29) is 12.0 Å². The van der Waals surface area contributed by atoms with Crippen LogP contribution in [0.3, 0.4) is 0 Å². The van der Waals surface area contributed by atoms with E-state index in [4.69, 9.17) is 14.2 Å². The highest BCUT2D eigenvalue weighted by atomic mass is 16.5. The van der Waals surface area contributed by atoms with E-state index in [2.05, 4.69) is 31.3 Å². The van der Waals surface area contributed by atoms with Gasteiger partial charge in [0, 0.05) is 17.5 Å². The predicted octanol–water partition coefficient (Wildman–Crippen LogP) is 2.97. The highest BCUT2D eigenvalue weighted by molar-refractivity contribution is 5.70. The molecule has 0 spiro atoms. The van der Waals surface area contributed by atoms with Gasteiger partial charge in [0.15, 0.2) is 18.0 Å². The van der Waals surface area contributed by atoms with E-state index < -0.39 is 0 Å². The number of methoxy groups -OCH3 is 3. The lowest BCUT2D eigenvalue weighted by Crippen LogP contribution is -2.54. The fourth-order valence-electron chi connectivity index (χ4n) is 3.95. The maximum absolute atomic E-state index is 12.1. The van der Waals surface area contributed by atoms with Crippen molar-refractivity contribution in [2.75, 3.05) is 41.5 Å². The van der Waals surface area contributed by atoms with Gasteiger partial charge in [-0.15, -0.1) is 0 Å². The fraction of sp³-hybridized carbons (Fsp3) is 0.381. The van der Waals surface area contributed by atoms with Crippen molar-refractivity contribution >= 4 is 5.97 Å². The van der Waals surface area contributed by atoms with Gasteiger partial charge in [0.2, 0.25) is 0 Å². The number of hydrogen-bond donors (Lipinski definition) is 0. The lowest BCUT2D eigenvalue weighted by Gasteiger charge is -2.45. The second kappa shape index (κ2) is 7.38. The van der Waals surface area contributed by atoms with Crippen molar-refractivity contribution in [3.63, 3.8) is 0 Å². The minimum atomic E-state index is -0.197. The Morgan fingerprint density at radius 2 is 1.73 bits per heavy atom. The van der Waals surface area contributed by atoms with E-state index in [0.717, 1.165) is 18.7 Å². The number of carbonyl (C=O) groups excluding carboxylic acids is 1. The van der Waals surface area contributed by atoms with Gasteiger partial charge in [-0.05, 0) is 17.7 Å². The van der Waals surface area contributed by atoms with Crippen LogP contribution < -0.4 is 9.47 Å². The second-order valence-corrected chi connectivity index (χ2v) is 6.91. The monoisotopic (exact) mass is 356 g/mol. The SMILES string of the molecule is COC(=O)C[N@+]1(C)CCc2cc(OC)c(OC)cc2[C@H]1c1ccccc1. The predicted molar refractivity (Wildman–Crippen MR) is 99.5 cm³/mol. The van der Waals surface area contributed by atoms with E-state index in [9.17, 15) is 4.79 Å². The average Bonchev–Trinajstić information content (AvgIpc) is 2.67. The molecule has 2 atom stereocenters. The number of fused-ring (bicyclic) bond motifs is 1. The van der Waals surface area contributed by atoms with Crippen LogP contribution in [0, 0.1) is 0 Å². The third-order valence-corrected chi connectivity index (χ3v) is 5.29. The summed E-state index contributed by atoms with van der Waals surface area (Å²) in [5.41, 5.74) is 3.58. The van der Waals surface area contributed by atoms with E-state index >= 15 is 0 Å². The van der Waals surface area contributed by atoms with Crippen molar-refractivity contribution in [2.24, 2.45) is 0 Å². The molecule has 0 saturated heterocycles. The van der Waals surface area contributed by atoms with E-state index in [1.807, 2.05) is 18.2 Å². The van der Waals surface area contributed by atoms with Crippen molar-refractivity contribution in [2.45, 2.75) is 12.5 Å². The van der Waals surface area contributed by atoms with Crippen LogP contribution >= 0.6 is 0 Å². The summed E-state index contributed by atoms with van der Waals surface area (Å²) in [4.78, 5) is 12.1. The molecule has 0 N–H and O–H groups in total. The quantitative estimate of drug-likeness (QED) is 0.610. The summed E-state index contributed by atoms with van der Waals surface area (Å²) in [5.74, 6) is 1.25. The molecule has 3 rings (SSSR count). The maximum Gasteiger partial charge on any atom is 0.361 e. The summed E-state index contributed by atoms with van der Waals surface area (Å²) >= 11 is 0. The first-order valence-corrected chi connectivity index (χ1v) is 8.73. The van der Waals surface area contributed by atoms with E-state index in [0.29, 0.717) is 16.8 Å². The summed E-state index contributed by atoms with van der Waals surface area (Å²) in [6.45, 7) is 1.17. The molecule has 0 fully saturated rings. The smallest absolute Gasteiger partial charge is 0.361 e. The molecule has 2 aromatic rings. The normalized spacial score (nSPS) is 21.6. The zero-order chi connectivity index (χ0) is 18.7. The lowest BCUT2D eigenvalue weighted by molar-refractivity contribution is -0.928. The molecule has 0 unspecified atom stereocenters. The molecule has 1 heterocycles. The minimum Gasteiger partial charge on any atom is -0.493 e. The van der Waals surface area contributed by atoms with E-state index in [1.54, 1.807) is 14.2 Å². The number of ether oxygens (including phenoxy) is 3. The molecule has 0 saturated carbocycles. The second-order valence-electron chi connectivity index (χ2n) is 6.91. The molecule has 2 aromatic carbocycles. The standard InChI is InChI=1S/C21H26NO4/c1-22(14-20(23)26-4)11-10-16-12-18(24-2)19(25-3)13-17(16)21(22)15-8-6-5-7-9-15/h5-9,12-13,21H,10-11,14H2,1-4H3/q+1/t21-,22+/m1/s1. The molecular weight excluding hydrogens is 330 g/mol. The number of benzene rings is 2. The number of esters is 1. The van der Waals surface area contributed by atoms with Gasteiger partial charge in [0.1, 0.15) is 6.04 Å². The molecule has 0 bridgehead atoms. The molecule has 0 amide bonds. The molecule has 138 valence electrons. The first-order chi connectivity index (χ1) is 12.5. The topological polar surface area (TPSA) is 44.8 Å².